The monoisotopic (exact) mass is 438 g/mol. The maximum absolute atomic E-state index is 14.1. The number of guanidine groups is 1. The number of ether oxygens (including phenoxy) is 1. The minimum atomic E-state index is -0.560. The molecule has 2 saturated heterocycles. The second-order valence-electron chi connectivity index (χ2n) is 7.98. The summed E-state index contributed by atoms with van der Waals surface area (Å²) in [5, 5.41) is 6.61. The van der Waals surface area contributed by atoms with E-state index in [1.165, 1.54) is 23.1 Å². The number of anilines is 1. The Labute approximate surface area is 182 Å². The zero-order valence-electron chi connectivity index (χ0n) is 18.2. The Kier molecular flexibility index (Phi) is 8.42. The summed E-state index contributed by atoms with van der Waals surface area (Å²) < 4.78 is 33.6. The molecule has 8 nitrogen and oxygen atoms in total. The Hall–Kier alpha value is -2.46. The molecule has 1 aromatic rings. The number of amides is 1. The molecule has 0 radical (unpaired) electrons. The molecular weight excluding hydrogens is 406 g/mol. The van der Waals surface area contributed by atoms with E-state index in [0.717, 1.165) is 32.8 Å². The normalized spacial score (nSPS) is 20.1. The molecular formula is C21H32F2N6O2. The second kappa shape index (κ2) is 11.2. The molecule has 0 saturated carbocycles. The Morgan fingerprint density at radius 3 is 2.61 bits per heavy atom. The van der Waals surface area contributed by atoms with Crippen molar-refractivity contribution in [3.63, 3.8) is 0 Å². The average Bonchev–Trinajstić information content (AvgIpc) is 3.20. The summed E-state index contributed by atoms with van der Waals surface area (Å²) in [6, 6.07) is 3.87. The number of nitrogens with one attached hydrogen (secondary N) is 2. The first-order valence-corrected chi connectivity index (χ1v) is 10.7. The van der Waals surface area contributed by atoms with Crippen molar-refractivity contribution in [2.75, 3.05) is 78.0 Å². The van der Waals surface area contributed by atoms with Crippen LogP contribution in [0.3, 0.4) is 0 Å². The van der Waals surface area contributed by atoms with Gasteiger partial charge in [0.25, 0.3) is 0 Å². The van der Waals surface area contributed by atoms with Crippen molar-refractivity contribution >= 4 is 17.6 Å². The number of aliphatic imine (C=N–C) groups is 1. The summed E-state index contributed by atoms with van der Waals surface area (Å²) in [4.78, 5) is 21.9. The van der Waals surface area contributed by atoms with Crippen molar-refractivity contribution in [2.45, 2.75) is 12.5 Å². The zero-order chi connectivity index (χ0) is 22.2. The Morgan fingerprint density at radius 2 is 1.94 bits per heavy atom. The van der Waals surface area contributed by atoms with Gasteiger partial charge >= 0.3 is 0 Å². The van der Waals surface area contributed by atoms with Crippen molar-refractivity contribution in [3.8, 4) is 0 Å². The van der Waals surface area contributed by atoms with Gasteiger partial charge in [-0.1, -0.05) is 6.07 Å². The van der Waals surface area contributed by atoms with E-state index in [1.807, 2.05) is 0 Å². The molecule has 0 spiro atoms. The number of hydrogen-bond donors (Lipinski definition) is 2. The summed E-state index contributed by atoms with van der Waals surface area (Å²) in [6.07, 6.45) is 0.708. The van der Waals surface area contributed by atoms with E-state index in [2.05, 4.69) is 20.5 Å². The summed E-state index contributed by atoms with van der Waals surface area (Å²) in [6.45, 7) is 5.78. The smallest absolute Gasteiger partial charge is 0.243 e. The summed E-state index contributed by atoms with van der Waals surface area (Å²) in [5.74, 6) is -0.690. The number of nitrogens with zero attached hydrogens (tertiary/aromatic N) is 4. The second-order valence-corrected chi connectivity index (χ2v) is 7.98. The fraction of sp³-hybridized carbons (Fsp3) is 0.619. The molecule has 2 fully saturated rings. The van der Waals surface area contributed by atoms with Crippen LogP contribution < -0.4 is 15.5 Å². The number of benzene rings is 1. The van der Waals surface area contributed by atoms with E-state index in [1.54, 1.807) is 19.0 Å². The first-order chi connectivity index (χ1) is 14.9. The van der Waals surface area contributed by atoms with Crippen LogP contribution in [0.4, 0.5) is 14.5 Å². The van der Waals surface area contributed by atoms with Crippen LogP contribution in [0.15, 0.2) is 23.2 Å². The molecule has 31 heavy (non-hydrogen) atoms. The minimum Gasteiger partial charge on any atom is -0.379 e. The van der Waals surface area contributed by atoms with Crippen LogP contribution in [0.25, 0.3) is 0 Å². The van der Waals surface area contributed by atoms with Gasteiger partial charge in [-0.15, -0.1) is 0 Å². The maximum atomic E-state index is 14.1. The van der Waals surface area contributed by atoms with Crippen LogP contribution in [-0.4, -0.2) is 101 Å². The predicted molar refractivity (Wildman–Crippen MR) is 116 cm³/mol. The van der Waals surface area contributed by atoms with E-state index < -0.39 is 11.6 Å². The van der Waals surface area contributed by atoms with E-state index in [0.29, 0.717) is 32.0 Å². The van der Waals surface area contributed by atoms with Crippen molar-refractivity contribution in [3.05, 3.63) is 29.8 Å². The molecule has 2 aliphatic heterocycles. The third-order valence-electron chi connectivity index (χ3n) is 5.48. The quantitative estimate of drug-likeness (QED) is 0.477. The van der Waals surface area contributed by atoms with Gasteiger partial charge in [-0.05, 0) is 18.6 Å². The number of hydrogen-bond acceptors (Lipinski definition) is 5. The largest absolute Gasteiger partial charge is 0.379 e. The van der Waals surface area contributed by atoms with Gasteiger partial charge in [0.05, 0.1) is 13.2 Å². The molecule has 2 N–H and O–H groups in total. The summed E-state index contributed by atoms with van der Waals surface area (Å²) in [5.41, 5.74) is 0.00773. The van der Waals surface area contributed by atoms with E-state index in [4.69, 9.17) is 4.74 Å². The lowest BCUT2D eigenvalue weighted by Gasteiger charge is -2.27. The minimum absolute atomic E-state index is 0.00773. The molecule has 172 valence electrons. The first kappa shape index (κ1) is 23.2. The van der Waals surface area contributed by atoms with Crippen LogP contribution in [0, 0.1) is 11.6 Å². The number of morpholine rings is 1. The van der Waals surface area contributed by atoms with Gasteiger partial charge in [-0.3, -0.25) is 9.69 Å². The molecule has 2 aliphatic rings. The number of likely N-dealkylation sites (N-methyl/N-ethyl adjacent to an activating group) is 1. The van der Waals surface area contributed by atoms with Gasteiger partial charge < -0.3 is 25.2 Å². The van der Waals surface area contributed by atoms with Gasteiger partial charge in [0, 0.05) is 59.4 Å². The lowest BCUT2D eigenvalue weighted by Crippen LogP contribution is -2.48. The van der Waals surface area contributed by atoms with Crippen molar-refractivity contribution in [2.24, 2.45) is 4.99 Å². The highest BCUT2D eigenvalue weighted by molar-refractivity contribution is 5.85. The van der Waals surface area contributed by atoms with Crippen molar-refractivity contribution in [1.29, 1.82) is 0 Å². The predicted octanol–water partition coefficient (Wildman–Crippen LogP) is 0.499. The van der Waals surface area contributed by atoms with Crippen LogP contribution in [0.1, 0.15) is 6.42 Å². The van der Waals surface area contributed by atoms with Crippen LogP contribution in [-0.2, 0) is 9.53 Å². The number of rotatable bonds is 7. The maximum Gasteiger partial charge on any atom is 0.243 e. The topological polar surface area (TPSA) is 72.4 Å². The molecule has 1 amide bonds. The lowest BCUT2D eigenvalue weighted by molar-refractivity contribution is -0.127. The number of halogens is 2. The highest BCUT2D eigenvalue weighted by Crippen LogP contribution is 2.26. The molecule has 1 aromatic carbocycles. The zero-order valence-corrected chi connectivity index (χ0v) is 18.2. The molecule has 1 unspecified atom stereocenters. The van der Waals surface area contributed by atoms with E-state index >= 15 is 0 Å². The van der Waals surface area contributed by atoms with E-state index in [9.17, 15) is 13.6 Å². The third kappa shape index (κ3) is 6.76. The Balaban J connectivity index is 1.58. The molecule has 0 aliphatic carbocycles. The molecule has 0 aromatic heterocycles. The average molecular weight is 439 g/mol. The first-order valence-electron chi connectivity index (χ1n) is 10.7. The van der Waals surface area contributed by atoms with Gasteiger partial charge in [-0.2, -0.15) is 0 Å². The molecule has 2 heterocycles. The van der Waals surface area contributed by atoms with Gasteiger partial charge in [0.2, 0.25) is 5.91 Å². The lowest BCUT2D eigenvalue weighted by atomic mass is 10.2. The molecule has 3 rings (SSSR count). The van der Waals surface area contributed by atoms with Crippen LogP contribution in [0.2, 0.25) is 0 Å². The van der Waals surface area contributed by atoms with Crippen LogP contribution in [0.5, 0.6) is 0 Å². The van der Waals surface area contributed by atoms with Gasteiger partial charge in [0.1, 0.15) is 23.9 Å². The molecule has 10 heteroatoms. The highest BCUT2D eigenvalue weighted by atomic mass is 19.1. The van der Waals surface area contributed by atoms with Crippen molar-refractivity contribution in [1.82, 2.24) is 20.4 Å². The molecule has 0 bridgehead atoms. The fourth-order valence-corrected chi connectivity index (χ4v) is 3.66. The number of para-hydroxylation sites is 1. The van der Waals surface area contributed by atoms with Gasteiger partial charge in [0.15, 0.2) is 5.96 Å². The number of carbonyl (C=O) groups is 1. The molecule has 1 atom stereocenters. The highest BCUT2D eigenvalue weighted by Gasteiger charge is 2.27. The van der Waals surface area contributed by atoms with Crippen molar-refractivity contribution < 1.29 is 18.3 Å². The summed E-state index contributed by atoms with van der Waals surface area (Å²) >= 11 is 0. The van der Waals surface area contributed by atoms with E-state index in [-0.39, 0.29) is 24.2 Å². The third-order valence-corrected chi connectivity index (χ3v) is 5.48. The standard InChI is InChI=1S/C21H32F2N6O2/c1-27(2)19(30)14-25-21(24-7-9-28-10-12-31-13-11-28)26-16-6-8-29(15-16)20-17(22)4-3-5-18(20)23/h3-5,16H,6-15H2,1-2H3,(H2,24,25,26). The van der Waals surface area contributed by atoms with Gasteiger partial charge in [-0.25, -0.2) is 13.8 Å². The van der Waals surface area contributed by atoms with Crippen LogP contribution >= 0.6 is 0 Å². The fourth-order valence-electron chi connectivity index (χ4n) is 3.66. The number of carbonyl (C=O) groups excluding carboxylic acids is 1. The SMILES string of the molecule is CN(C)C(=O)CN=C(NCCN1CCOCC1)NC1CCN(c2c(F)cccc2F)C1. The summed E-state index contributed by atoms with van der Waals surface area (Å²) in [7, 11) is 3.38. The Bertz CT molecular complexity index is 750. The Morgan fingerprint density at radius 1 is 1.23 bits per heavy atom.